The topological polar surface area (TPSA) is 148 Å². The van der Waals surface area contributed by atoms with Gasteiger partial charge in [0.05, 0.1) is 0 Å². The second-order valence-corrected chi connectivity index (χ2v) is 4.35. The average Bonchev–Trinajstić information content (AvgIpc) is 2.39. The van der Waals surface area contributed by atoms with Crippen molar-refractivity contribution in [3.05, 3.63) is 12.2 Å². The van der Waals surface area contributed by atoms with Gasteiger partial charge in [-0.3, -0.25) is 4.79 Å². The molecule has 0 aromatic rings. The van der Waals surface area contributed by atoms with Gasteiger partial charge in [0.25, 0.3) is 0 Å². The number of carbonyl (C=O) groups is 1. The standard InChI is InChI=1S/C11H18O8/c1-4(2-3-12)5(13)7(15)10-8(16)6(14)9(17)11(18)19-10/h6-12,14-18H,1-3H2/t6-,7?,8-,9+,10+,11?/m0/s1. The summed E-state index contributed by atoms with van der Waals surface area (Å²) < 4.78 is 4.71. The van der Waals surface area contributed by atoms with Crippen LogP contribution in [0.4, 0.5) is 0 Å². The van der Waals surface area contributed by atoms with Gasteiger partial charge in [-0.15, -0.1) is 0 Å². The molecule has 1 heterocycles. The first-order chi connectivity index (χ1) is 8.81. The number of hydrogen-bond donors (Lipinski definition) is 6. The second kappa shape index (κ2) is 6.53. The van der Waals surface area contributed by atoms with Crippen LogP contribution in [-0.4, -0.2) is 79.8 Å². The van der Waals surface area contributed by atoms with Crippen LogP contribution in [0.2, 0.25) is 0 Å². The molecule has 0 radical (unpaired) electrons. The Kier molecular flexibility index (Phi) is 5.56. The minimum absolute atomic E-state index is 0.0631. The van der Waals surface area contributed by atoms with Gasteiger partial charge < -0.3 is 35.4 Å². The highest BCUT2D eigenvalue weighted by Gasteiger charge is 2.47. The molecule has 110 valence electrons. The number of carbonyl (C=O) groups excluding carboxylic acids is 1. The molecule has 0 spiro atoms. The van der Waals surface area contributed by atoms with Gasteiger partial charge in [0.2, 0.25) is 0 Å². The lowest BCUT2D eigenvalue weighted by Gasteiger charge is -2.39. The molecule has 1 rings (SSSR count). The van der Waals surface area contributed by atoms with Crippen molar-refractivity contribution in [3.63, 3.8) is 0 Å². The van der Waals surface area contributed by atoms with Crippen LogP contribution in [0.15, 0.2) is 12.2 Å². The van der Waals surface area contributed by atoms with E-state index in [0.717, 1.165) is 0 Å². The quantitative estimate of drug-likeness (QED) is 0.286. The second-order valence-electron chi connectivity index (χ2n) is 4.35. The number of Topliss-reactive ketones (excluding diaryl/α,β-unsaturated/α-hetero) is 1. The summed E-state index contributed by atoms with van der Waals surface area (Å²) in [4.78, 5) is 11.7. The Morgan fingerprint density at radius 1 is 1.16 bits per heavy atom. The summed E-state index contributed by atoms with van der Waals surface area (Å²) in [7, 11) is 0. The number of ether oxygens (including phenoxy) is 1. The summed E-state index contributed by atoms with van der Waals surface area (Å²) >= 11 is 0. The number of ketones is 1. The highest BCUT2D eigenvalue weighted by molar-refractivity contribution is 5.98. The molecule has 1 fully saturated rings. The van der Waals surface area contributed by atoms with Gasteiger partial charge in [-0.25, -0.2) is 0 Å². The van der Waals surface area contributed by atoms with Crippen LogP contribution in [0, 0.1) is 0 Å². The summed E-state index contributed by atoms with van der Waals surface area (Å²) in [6, 6.07) is 0. The van der Waals surface area contributed by atoms with Gasteiger partial charge in [0, 0.05) is 6.61 Å². The van der Waals surface area contributed by atoms with E-state index in [2.05, 4.69) is 6.58 Å². The predicted octanol–water partition coefficient (Wildman–Crippen LogP) is -3.35. The third kappa shape index (κ3) is 3.37. The third-order valence-electron chi connectivity index (χ3n) is 2.97. The van der Waals surface area contributed by atoms with Crippen molar-refractivity contribution in [2.24, 2.45) is 0 Å². The van der Waals surface area contributed by atoms with Crippen LogP contribution in [-0.2, 0) is 9.53 Å². The van der Waals surface area contributed by atoms with E-state index in [4.69, 9.17) is 9.84 Å². The Hall–Kier alpha value is -0.870. The van der Waals surface area contributed by atoms with E-state index in [1.54, 1.807) is 0 Å². The monoisotopic (exact) mass is 278 g/mol. The molecule has 2 unspecified atom stereocenters. The molecular formula is C11H18O8. The molecule has 19 heavy (non-hydrogen) atoms. The van der Waals surface area contributed by atoms with Crippen molar-refractivity contribution in [1.29, 1.82) is 0 Å². The maximum Gasteiger partial charge on any atom is 0.189 e. The SMILES string of the molecule is C=C(CCO)C(=O)C(O)[C@H]1OC(O)[C@H](O)[C@@H](O)[C@@H]1O. The molecule has 1 aliphatic rings. The molecule has 1 saturated heterocycles. The van der Waals surface area contributed by atoms with Crippen LogP contribution in [0.1, 0.15) is 6.42 Å². The molecule has 0 aromatic carbocycles. The number of aliphatic hydroxyl groups is 6. The smallest absolute Gasteiger partial charge is 0.189 e. The fourth-order valence-electron chi connectivity index (χ4n) is 1.76. The number of aliphatic hydroxyl groups excluding tert-OH is 6. The van der Waals surface area contributed by atoms with Crippen LogP contribution < -0.4 is 0 Å². The zero-order valence-electron chi connectivity index (χ0n) is 10.1. The molecule has 0 bridgehead atoms. The molecule has 0 aromatic heterocycles. The van der Waals surface area contributed by atoms with E-state index in [1.165, 1.54) is 0 Å². The van der Waals surface area contributed by atoms with E-state index in [-0.39, 0.29) is 18.6 Å². The van der Waals surface area contributed by atoms with E-state index in [1.807, 2.05) is 0 Å². The summed E-state index contributed by atoms with van der Waals surface area (Å²) in [5.74, 6) is -0.881. The van der Waals surface area contributed by atoms with Gasteiger partial charge in [-0.05, 0) is 12.0 Å². The molecular weight excluding hydrogens is 260 g/mol. The Labute approximate surface area is 109 Å². The maximum atomic E-state index is 11.7. The summed E-state index contributed by atoms with van der Waals surface area (Å²) in [5, 5.41) is 56.0. The van der Waals surface area contributed by atoms with Crippen molar-refractivity contribution in [3.8, 4) is 0 Å². The molecule has 6 atom stereocenters. The third-order valence-corrected chi connectivity index (χ3v) is 2.97. The van der Waals surface area contributed by atoms with Crippen LogP contribution >= 0.6 is 0 Å². The maximum absolute atomic E-state index is 11.7. The van der Waals surface area contributed by atoms with Crippen molar-refractivity contribution < 1.29 is 40.2 Å². The molecule has 8 nitrogen and oxygen atoms in total. The zero-order chi connectivity index (χ0) is 14.7. The number of hydrogen-bond acceptors (Lipinski definition) is 8. The minimum Gasteiger partial charge on any atom is -0.396 e. The lowest BCUT2D eigenvalue weighted by atomic mass is 9.91. The Morgan fingerprint density at radius 3 is 2.26 bits per heavy atom. The van der Waals surface area contributed by atoms with Gasteiger partial charge in [0.1, 0.15) is 30.5 Å². The van der Waals surface area contributed by atoms with Gasteiger partial charge in [-0.2, -0.15) is 0 Å². The first-order valence-corrected chi connectivity index (χ1v) is 5.70. The zero-order valence-corrected chi connectivity index (χ0v) is 10.1. The van der Waals surface area contributed by atoms with E-state index in [0.29, 0.717) is 0 Å². The highest BCUT2D eigenvalue weighted by atomic mass is 16.6. The Bertz CT molecular complexity index is 344. The van der Waals surface area contributed by atoms with E-state index in [9.17, 15) is 30.3 Å². The summed E-state index contributed by atoms with van der Waals surface area (Å²) in [6.45, 7) is 3.02. The van der Waals surface area contributed by atoms with Gasteiger partial charge >= 0.3 is 0 Å². The molecule has 1 aliphatic heterocycles. The minimum atomic E-state index is -1.87. The summed E-state index contributed by atoms with van der Waals surface area (Å²) in [6.07, 6.45) is -10.6. The van der Waals surface area contributed by atoms with Crippen LogP contribution in [0.3, 0.4) is 0 Å². The highest BCUT2D eigenvalue weighted by Crippen LogP contribution is 2.23. The predicted molar refractivity (Wildman–Crippen MR) is 60.8 cm³/mol. The molecule has 8 heteroatoms. The molecule has 0 aliphatic carbocycles. The van der Waals surface area contributed by atoms with E-state index >= 15 is 0 Å². The van der Waals surface area contributed by atoms with Crippen LogP contribution in [0.5, 0.6) is 0 Å². The van der Waals surface area contributed by atoms with Gasteiger partial charge in [0.15, 0.2) is 12.1 Å². The largest absolute Gasteiger partial charge is 0.396 e. The fourth-order valence-corrected chi connectivity index (χ4v) is 1.76. The number of rotatable bonds is 5. The lowest BCUT2D eigenvalue weighted by Crippen LogP contribution is -2.61. The first-order valence-electron chi connectivity index (χ1n) is 5.70. The first kappa shape index (κ1) is 16.2. The van der Waals surface area contributed by atoms with Crippen molar-refractivity contribution in [2.75, 3.05) is 6.61 Å². The van der Waals surface area contributed by atoms with E-state index < -0.39 is 42.6 Å². The molecule has 0 amide bonds. The molecule has 0 saturated carbocycles. The summed E-state index contributed by atoms with van der Waals surface area (Å²) in [5.41, 5.74) is -0.0825. The molecule has 6 N–H and O–H groups in total. The lowest BCUT2D eigenvalue weighted by molar-refractivity contribution is -0.293. The van der Waals surface area contributed by atoms with Crippen molar-refractivity contribution in [1.82, 2.24) is 0 Å². The van der Waals surface area contributed by atoms with Crippen molar-refractivity contribution >= 4 is 5.78 Å². The Balaban J connectivity index is 2.78. The van der Waals surface area contributed by atoms with Gasteiger partial charge in [-0.1, -0.05) is 6.58 Å². The van der Waals surface area contributed by atoms with Crippen molar-refractivity contribution in [2.45, 2.75) is 43.2 Å². The average molecular weight is 278 g/mol. The Morgan fingerprint density at radius 2 is 1.74 bits per heavy atom. The van der Waals surface area contributed by atoms with Crippen LogP contribution in [0.25, 0.3) is 0 Å². The fraction of sp³-hybridized carbons (Fsp3) is 0.727. The normalized spacial score (nSPS) is 36.8.